The predicted molar refractivity (Wildman–Crippen MR) is 111 cm³/mol. The first kappa shape index (κ1) is 21.1. The molecule has 9 nitrogen and oxygen atoms in total. The maximum absolute atomic E-state index is 13.9. The van der Waals surface area contributed by atoms with E-state index in [1.807, 2.05) is 6.07 Å². The Morgan fingerprint density at radius 3 is 2.34 bits per heavy atom. The van der Waals surface area contributed by atoms with Crippen LogP contribution in [0.1, 0.15) is 18.4 Å². The van der Waals surface area contributed by atoms with Gasteiger partial charge in [0.15, 0.2) is 0 Å². The number of halogens is 1. The number of likely N-dealkylation sites (tertiary alicyclic amines) is 2. The van der Waals surface area contributed by atoms with Crippen molar-refractivity contribution in [2.45, 2.75) is 19.4 Å². The van der Waals surface area contributed by atoms with E-state index in [4.69, 9.17) is 9.57 Å². The zero-order valence-corrected chi connectivity index (χ0v) is 17.9. The summed E-state index contributed by atoms with van der Waals surface area (Å²) < 4.78 is 19.4. The molecule has 0 aromatic heterocycles. The van der Waals surface area contributed by atoms with Gasteiger partial charge >= 0.3 is 6.09 Å². The molecule has 172 valence electrons. The zero-order chi connectivity index (χ0) is 22.2. The second kappa shape index (κ2) is 8.67. The van der Waals surface area contributed by atoms with Gasteiger partial charge in [-0.05, 0) is 29.5 Å². The van der Waals surface area contributed by atoms with Crippen molar-refractivity contribution in [2.24, 2.45) is 11.8 Å². The lowest BCUT2D eigenvalue weighted by molar-refractivity contribution is -0.173. The van der Waals surface area contributed by atoms with Crippen molar-refractivity contribution in [3.05, 3.63) is 29.6 Å². The lowest BCUT2D eigenvalue weighted by Gasteiger charge is -2.31. The van der Waals surface area contributed by atoms with E-state index in [-0.39, 0.29) is 18.7 Å². The summed E-state index contributed by atoms with van der Waals surface area (Å²) in [6.07, 6.45) is -0.465. The standard InChI is InChI=1S/C22H27FN4O5/c23-18-2-1-15(19(9-18)25-5-7-31-8-6-25)10-24-11-16-13-26(14-17(16)12-24)22(30)32-27-20(28)3-4-21(27)29/h1-2,9,16-17H,3-8,10-14H2. The van der Waals surface area contributed by atoms with Crippen LogP contribution in [0.5, 0.6) is 0 Å². The average molecular weight is 446 g/mol. The highest BCUT2D eigenvalue weighted by molar-refractivity contribution is 6.01. The third-order valence-electron chi connectivity index (χ3n) is 6.79. The Labute approximate surface area is 185 Å². The molecule has 5 rings (SSSR count). The fourth-order valence-electron chi connectivity index (χ4n) is 5.17. The number of rotatable bonds is 4. The molecule has 3 amide bonds. The molecule has 4 aliphatic rings. The van der Waals surface area contributed by atoms with Crippen LogP contribution in [0.2, 0.25) is 0 Å². The minimum Gasteiger partial charge on any atom is -0.378 e. The molecule has 4 aliphatic heterocycles. The van der Waals surface area contributed by atoms with Gasteiger partial charge in [-0.3, -0.25) is 14.5 Å². The SMILES string of the molecule is O=C(ON1C(=O)CCC1=O)N1CC2CN(Cc3ccc(F)cc3N3CCOCC3)CC2C1. The molecule has 2 unspecified atom stereocenters. The van der Waals surface area contributed by atoms with Crippen LogP contribution < -0.4 is 4.90 Å². The van der Waals surface area contributed by atoms with Gasteiger partial charge in [0, 0.05) is 64.3 Å². The average Bonchev–Trinajstić information content (AvgIpc) is 3.45. The van der Waals surface area contributed by atoms with E-state index in [2.05, 4.69) is 9.80 Å². The van der Waals surface area contributed by atoms with Crippen LogP contribution >= 0.6 is 0 Å². The van der Waals surface area contributed by atoms with E-state index in [0.717, 1.165) is 44.0 Å². The Bertz CT molecular complexity index is 892. The van der Waals surface area contributed by atoms with Gasteiger partial charge < -0.3 is 19.4 Å². The number of fused-ring (bicyclic) bond motifs is 1. The normalized spacial score (nSPS) is 26.2. The van der Waals surface area contributed by atoms with Gasteiger partial charge in [0.05, 0.1) is 13.2 Å². The van der Waals surface area contributed by atoms with Crippen LogP contribution in [0.4, 0.5) is 14.9 Å². The highest BCUT2D eigenvalue weighted by Crippen LogP contribution is 2.34. The van der Waals surface area contributed by atoms with E-state index in [9.17, 15) is 18.8 Å². The number of hydrogen-bond acceptors (Lipinski definition) is 7. The fourth-order valence-corrected chi connectivity index (χ4v) is 5.17. The lowest BCUT2D eigenvalue weighted by Crippen LogP contribution is -2.40. The summed E-state index contributed by atoms with van der Waals surface area (Å²) in [5.41, 5.74) is 2.02. The molecule has 0 radical (unpaired) electrons. The van der Waals surface area contributed by atoms with Gasteiger partial charge in [0.2, 0.25) is 0 Å². The lowest BCUT2D eigenvalue weighted by atomic mass is 10.0. The predicted octanol–water partition coefficient (Wildman–Crippen LogP) is 1.23. The minimum absolute atomic E-state index is 0.0855. The molecule has 0 saturated carbocycles. The van der Waals surface area contributed by atoms with Gasteiger partial charge in [-0.1, -0.05) is 6.07 Å². The number of carbonyl (C=O) groups is 3. The number of morpholine rings is 1. The maximum Gasteiger partial charge on any atom is 0.434 e. The summed E-state index contributed by atoms with van der Waals surface area (Å²) in [4.78, 5) is 47.0. The van der Waals surface area contributed by atoms with Gasteiger partial charge in [-0.25, -0.2) is 9.18 Å². The molecular formula is C22H27FN4O5. The number of benzene rings is 1. The third-order valence-corrected chi connectivity index (χ3v) is 6.79. The minimum atomic E-state index is -0.636. The first-order valence-electron chi connectivity index (χ1n) is 11.1. The topological polar surface area (TPSA) is 82.6 Å². The zero-order valence-electron chi connectivity index (χ0n) is 17.9. The van der Waals surface area contributed by atoms with E-state index in [1.54, 1.807) is 11.0 Å². The first-order valence-corrected chi connectivity index (χ1v) is 11.1. The van der Waals surface area contributed by atoms with Crippen molar-refractivity contribution in [1.82, 2.24) is 14.9 Å². The number of imide groups is 1. The van der Waals surface area contributed by atoms with Gasteiger partial charge in [0.25, 0.3) is 11.8 Å². The van der Waals surface area contributed by atoms with E-state index < -0.39 is 17.9 Å². The van der Waals surface area contributed by atoms with Crippen LogP contribution in [0.25, 0.3) is 0 Å². The molecule has 32 heavy (non-hydrogen) atoms. The number of carbonyl (C=O) groups excluding carboxylic acids is 3. The van der Waals surface area contributed by atoms with E-state index in [0.29, 0.717) is 43.2 Å². The molecule has 0 N–H and O–H groups in total. The van der Waals surface area contributed by atoms with Crippen LogP contribution in [0.15, 0.2) is 18.2 Å². The summed E-state index contributed by atoms with van der Waals surface area (Å²) >= 11 is 0. The molecule has 4 heterocycles. The van der Waals surface area contributed by atoms with E-state index >= 15 is 0 Å². The van der Waals surface area contributed by atoms with Crippen molar-refractivity contribution in [3.8, 4) is 0 Å². The van der Waals surface area contributed by atoms with Crippen LogP contribution in [-0.4, -0.2) is 85.3 Å². The highest BCUT2D eigenvalue weighted by atomic mass is 19.1. The molecule has 1 aromatic carbocycles. The van der Waals surface area contributed by atoms with E-state index in [1.165, 1.54) is 6.07 Å². The van der Waals surface area contributed by atoms with Gasteiger partial charge in [0.1, 0.15) is 5.82 Å². The van der Waals surface area contributed by atoms with Gasteiger partial charge in [-0.15, -0.1) is 5.06 Å². The van der Waals surface area contributed by atoms with Crippen molar-refractivity contribution >= 4 is 23.6 Å². The number of hydrogen-bond donors (Lipinski definition) is 0. The third kappa shape index (κ3) is 4.16. The second-order valence-electron chi connectivity index (χ2n) is 8.93. The molecule has 4 saturated heterocycles. The molecule has 4 fully saturated rings. The molecule has 10 heteroatoms. The molecule has 0 aliphatic carbocycles. The monoisotopic (exact) mass is 446 g/mol. The summed E-state index contributed by atoms with van der Waals surface area (Å²) in [5, 5.41) is 0.602. The number of hydroxylamine groups is 2. The van der Waals surface area contributed by atoms with Crippen molar-refractivity contribution in [3.63, 3.8) is 0 Å². The summed E-state index contributed by atoms with van der Waals surface area (Å²) in [6.45, 7) is 6.25. The summed E-state index contributed by atoms with van der Waals surface area (Å²) in [7, 11) is 0. The Hall–Kier alpha value is -2.72. The molecule has 2 atom stereocenters. The Balaban J connectivity index is 1.18. The number of anilines is 1. The van der Waals surface area contributed by atoms with Crippen LogP contribution in [0, 0.1) is 17.7 Å². The van der Waals surface area contributed by atoms with Crippen molar-refractivity contribution < 1.29 is 28.3 Å². The van der Waals surface area contributed by atoms with Crippen molar-refractivity contribution in [1.29, 1.82) is 0 Å². The second-order valence-corrected chi connectivity index (χ2v) is 8.93. The Kier molecular flexibility index (Phi) is 5.73. The molecular weight excluding hydrogens is 419 g/mol. The van der Waals surface area contributed by atoms with Gasteiger partial charge in [-0.2, -0.15) is 0 Å². The summed E-state index contributed by atoms with van der Waals surface area (Å²) in [6, 6.07) is 4.98. The first-order chi connectivity index (χ1) is 15.5. The smallest absolute Gasteiger partial charge is 0.378 e. The molecule has 0 spiro atoms. The van der Waals surface area contributed by atoms with Crippen LogP contribution in [-0.2, 0) is 25.7 Å². The molecule has 0 bridgehead atoms. The quantitative estimate of drug-likeness (QED) is 0.644. The Morgan fingerprint density at radius 1 is 1.03 bits per heavy atom. The number of ether oxygens (including phenoxy) is 1. The fraction of sp³-hybridized carbons (Fsp3) is 0.591. The maximum atomic E-state index is 13.9. The largest absolute Gasteiger partial charge is 0.434 e. The van der Waals surface area contributed by atoms with Crippen molar-refractivity contribution in [2.75, 3.05) is 57.4 Å². The summed E-state index contributed by atoms with van der Waals surface area (Å²) in [5.74, 6) is -0.564. The molecule has 1 aromatic rings. The number of nitrogens with zero attached hydrogens (tertiary/aromatic N) is 4. The number of amides is 3. The Morgan fingerprint density at radius 2 is 1.69 bits per heavy atom. The van der Waals surface area contributed by atoms with Crippen LogP contribution in [0.3, 0.4) is 0 Å². The highest BCUT2D eigenvalue weighted by Gasteiger charge is 2.43.